The molecule has 1 aromatic carbocycles. The summed E-state index contributed by atoms with van der Waals surface area (Å²) in [6.07, 6.45) is 5.64. The molecular weight excluding hydrogens is 330 g/mol. The Morgan fingerprint density at radius 1 is 1.35 bits per heavy atom. The zero-order valence-electron chi connectivity index (χ0n) is 15.0. The Labute approximate surface area is 153 Å². The first-order valence-corrected chi connectivity index (χ1v) is 8.85. The van der Waals surface area contributed by atoms with Crippen molar-refractivity contribution in [1.82, 2.24) is 14.9 Å². The van der Waals surface area contributed by atoms with Gasteiger partial charge in [-0.15, -0.1) is 0 Å². The Hall–Kier alpha value is -2.51. The molecule has 0 radical (unpaired) electrons. The Morgan fingerprint density at radius 2 is 2.12 bits per heavy atom. The smallest absolute Gasteiger partial charge is 0.236 e. The van der Waals surface area contributed by atoms with Crippen LogP contribution in [0.15, 0.2) is 36.7 Å². The van der Waals surface area contributed by atoms with Gasteiger partial charge in [0.2, 0.25) is 11.9 Å². The first-order chi connectivity index (χ1) is 12.6. The standard InChI is InChI=1S/C19H25N5O2/c1-23(18(26)9-20)12-14-4-2-5-15(8-14)16-10-21-19(22-11-16)24-7-3-6-17(24)13-25/h2,4-5,8,10-11,17,25H,3,6-7,9,12-13,20H2,1H3/t17-/m1/s1. The fourth-order valence-corrected chi connectivity index (χ4v) is 3.27. The van der Waals surface area contributed by atoms with Gasteiger partial charge >= 0.3 is 0 Å². The van der Waals surface area contributed by atoms with Crippen LogP contribution in [-0.2, 0) is 11.3 Å². The van der Waals surface area contributed by atoms with Crippen LogP contribution < -0.4 is 10.6 Å². The summed E-state index contributed by atoms with van der Waals surface area (Å²) in [6.45, 7) is 1.52. The Morgan fingerprint density at radius 3 is 2.81 bits per heavy atom. The molecule has 7 nitrogen and oxygen atoms in total. The van der Waals surface area contributed by atoms with E-state index in [-0.39, 0.29) is 25.1 Å². The van der Waals surface area contributed by atoms with Crippen LogP contribution >= 0.6 is 0 Å². The van der Waals surface area contributed by atoms with Crippen LogP contribution in [0.4, 0.5) is 5.95 Å². The van der Waals surface area contributed by atoms with Gasteiger partial charge in [0.1, 0.15) is 0 Å². The van der Waals surface area contributed by atoms with Crippen LogP contribution in [-0.4, -0.2) is 58.7 Å². The molecule has 0 unspecified atom stereocenters. The number of carbonyl (C=O) groups is 1. The van der Waals surface area contributed by atoms with Crippen LogP contribution in [0.25, 0.3) is 11.1 Å². The Bertz CT molecular complexity index is 750. The minimum absolute atomic E-state index is 0.0107. The van der Waals surface area contributed by atoms with Crippen molar-refractivity contribution in [2.24, 2.45) is 5.73 Å². The SMILES string of the molecule is CN(Cc1cccc(-c2cnc(N3CCC[C@@H]3CO)nc2)c1)C(=O)CN. The molecule has 1 aliphatic heterocycles. The molecule has 0 bridgehead atoms. The maximum atomic E-state index is 11.6. The lowest BCUT2D eigenvalue weighted by Crippen LogP contribution is -2.33. The van der Waals surface area contributed by atoms with Gasteiger partial charge in [-0.05, 0) is 30.0 Å². The average molecular weight is 355 g/mol. The van der Waals surface area contributed by atoms with Gasteiger partial charge in [-0.2, -0.15) is 0 Å². The summed E-state index contributed by atoms with van der Waals surface area (Å²) in [7, 11) is 1.74. The highest BCUT2D eigenvalue weighted by Crippen LogP contribution is 2.24. The van der Waals surface area contributed by atoms with Crippen molar-refractivity contribution in [2.75, 3.05) is 31.6 Å². The highest BCUT2D eigenvalue weighted by molar-refractivity contribution is 5.77. The van der Waals surface area contributed by atoms with Crippen LogP contribution in [0.5, 0.6) is 0 Å². The van der Waals surface area contributed by atoms with E-state index < -0.39 is 0 Å². The topological polar surface area (TPSA) is 95.6 Å². The third kappa shape index (κ3) is 4.00. The molecule has 0 aliphatic carbocycles. The van der Waals surface area contributed by atoms with E-state index in [0.717, 1.165) is 36.1 Å². The van der Waals surface area contributed by atoms with Crippen molar-refractivity contribution >= 4 is 11.9 Å². The van der Waals surface area contributed by atoms with E-state index >= 15 is 0 Å². The molecule has 1 atom stereocenters. The van der Waals surface area contributed by atoms with E-state index in [1.807, 2.05) is 36.7 Å². The van der Waals surface area contributed by atoms with Gasteiger partial charge in [-0.1, -0.05) is 18.2 Å². The number of hydrogen-bond acceptors (Lipinski definition) is 6. The summed E-state index contributed by atoms with van der Waals surface area (Å²) in [5.74, 6) is 0.571. The second kappa shape index (κ2) is 8.25. The summed E-state index contributed by atoms with van der Waals surface area (Å²) in [5.41, 5.74) is 8.35. The van der Waals surface area contributed by atoms with E-state index in [0.29, 0.717) is 12.5 Å². The van der Waals surface area contributed by atoms with E-state index in [9.17, 15) is 9.90 Å². The fourth-order valence-electron chi connectivity index (χ4n) is 3.27. The van der Waals surface area contributed by atoms with E-state index in [4.69, 9.17) is 5.73 Å². The first kappa shape index (κ1) is 18.3. The molecule has 1 fully saturated rings. The molecule has 3 rings (SSSR count). The van der Waals surface area contributed by atoms with Crippen LogP contribution in [0, 0.1) is 0 Å². The largest absolute Gasteiger partial charge is 0.394 e. The molecule has 3 N–H and O–H groups in total. The maximum Gasteiger partial charge on any atom is 0.236 e. The number of aliphatic hydroxyl groups excluding tert-OH is 1. The van der Waals surface area contributed by atoms with Gasteiger partial charge in [0.05, 0.1) is 19.2 Å². The number of anilines is 1. The van der Waals surface area contributed by atoms with E-state index in [1.165, 1.54) is 0 Å². The number of aliphatic hydroxyl groups is 1. The van der Waals surface area contributed by atoms with E-state index in [2.05, 4.69) is 14.9 Å². The summed E-state index contributed by atoms with van der Waals surface area (Å²) in [5, 5.41) is 9.46. The van der Waals surface area contributed by atoms with Gasteiger partial charge in [-0.25, -0.2) is 9.97 Å². The average Bonchev–Trinajstić information content (AvgIpc) is 3.16. The van der Waals surface area contributed by atoms with Crippen LogP contribution in [0.3, 0.4) is 0 Å². The number of amides is 1. The minimum Gasteiger partial charge on any atom is -0.394 e. The van der Waals surface area contributed by atoms with Crippen molar-refractivity contribution < 1.29 is 9.90 Å². The highest BCUT2D eigenvalue weighted by Gasteiger charge is 2.25. The predicted octanol–water partition coefficient (Wildman–Crippen LogP) is 1.02. The molecule has 1 amide bonds. The molecule has 138 valence electrons. The second-order valence-corrected chi connectivity index (χ2v) is 6.60. The third-order valence-corrected chi connectivity index (χ3v) is 4.76. The maximum absolute atomic E-state index is 11.6. The third-order valence-electron chi connectivity index (χ3n) is 4.76. The number of carbonyl (C=O) groups excluding carboxylic acids is 1. The lowest BCUT2D eigenvalue weighted by atomic mass is 10.1. The molecule has 26 heavy (non-hydrogen) atoms. The van der Waals surface area contributed by atoms with Crippen LogP contribution in [0.2, 0.25) is 0 Å². The molecular formula is C19H25N5O2. The Balaban J connectivity index is 1.75. The van der Waals surface area contributed by atoms with Crippen molar-refractivity contribution in [1.29, 1.82) is 0 Å². The number of nitrogens with zero attached hydrogens (tertiary/aromatic N) is 4. The molecule has 7 heteroatoms. The summed E-state index contributed by atoms with van der Waals surface area (Å²) in [6, 6.07) is 8.08. The Kier molecular flexibility index (Phi) is 5.80. The zero-order valence-corrected chi connectivity index (χ0v) is 15.0. The van der Waals surface area contributed by atoms with Gasteiger partial charge in [0.15, 0.2) is 0 Å². The summed E-state index contributed by atoms with van der Waals surface area (Å²) >= 11 is 0. The van der Waals surface area contributed by atoms with Crippen molar-refractivity contribution in [2.45, 2.75) is 25.4 Å². The first-order valence-electron chi connectivity index (χ1n) is 8.85. The summed E-state index contributed by atoms with van der Waals surface area (Å²) in [4.78, 5) is 24.3. The quantitative estimate of drug-likeness (QED) is 0.803. The molecule has 0 spiro atoms. The number of benzene rings is 1. The normalized spacial score (nSPS) is 16.7. The second-order valence-electron chi connectivity index (χ2n) is 6.60. The lowest BCUT2D eigenvalue weighted by molar-refractivity contribution is -0.128. The number of nitrogens with two attached hydrogens (primary N) is 1. The highest BCUT2D eigenvalue weighted by atomic mass is 16.3. The monoisotopic (exact) mass is 355 g/mol. The molecule has 0 saturated carbocycles. The fraction of sp³-hybridized carbons (Fsp3) is 0.421. The molecule has 1 aliphatic rings. The molecule has 2 heterocycles. The van der Waals surface area contributed by atoms with Gasteiger partial charge in [0.25, 0.3) is 0 Å². The molecule has 1 saturated heterocycles. The zero-order chi connectivity index (χ0) is 18.5. The van der Waals surface area contributed by atoms with E-state index in [1.54, 1.807) is 11.9 Å². The molecule has 1 aromatic heterocycles. The summed E-state index contributed by atoms with van der Waals surface area (Å²) < 4.78 is 0. The van der Waals surface area contributed by atoms with Crippen molar-refractivity contribution in [3.8, 4) is 11.1 Å². The van der Waals surface area contributed by atoms with Gasteiger partial charge in [-0.3, -0.25) is 4.79 Å². The number of aromatic nitrogens is 2. The minimum atomic E-state index is -0.0906. The number of rotatable bonds is 6. The number of hydrogen-bond donors (Lipinski definition) is 2. The van der Waals surface area contributed by atoms with Gasteiger partial charge < -0.3 is 20.6 Å². The van der Waals surface area contributed by atoms with Crippen molar-refractivity contribution in [3.05, 3.63) is 42.2 Å². The number of likely N-dealkylation sites (N-methyl/N-ethyl adjacent to an activating group) is 1. The van der Waals surface area contributed by atoms with Gasteiger partial charge in [0, 0.05) is 38.1 Å². The predicted molar refractivity (Wildman–Crippen MR) is 100 cm³/mol. The molecule has 2 aromatic rings. The lowest BCUT2D eigenvalue weighted by Gasteiger charge is -2.22. The van der Waals surface area contributed by atoms with Crippen molar-refractivity contribution in [3.63, 3.8) is 0 Å². The van der Waals surface area contributed by atoms with Crippen LogP contribution in [0.1, 0.15) is 18.4 Å².